The number of carboxylic acid groups (broad SMARTS) is 1. The van der Waals surface area contributed by atoms with Crippen LogP contribution in [0.2, 0.25) is 5.02 Å². The topological polar surface area (TPSA) is 119 Å². The van der Waals surface area contributed by atoms with Crippen LogP contribution in [0.4, 0.5) is 11.5 Å². The molecule has 0 atom stereocenters. The molecule has 0 unspecified atom stereocenters. The second-order valence-electron chi connectivity index (χ2n) is 4.12. The highest BCUT2D eigenvalue weighted by molar-refractivity contribution is 6.30. The number of nitrogens with zero attached hydrogens (tertiary/aromatic N) is 2. The molecule has 0 spiro atoms. The van der Waals surface area contributed by atoms with Crippen LogP contribution < -0.4 is 5.32 Å². The lowest BCUT2D eigenvalue weighted by atomic mass is 10.2. The molecule has 0 aliphatic heterocycles. The zero-order valence-corrected chi connectivity index (χ0v) is 11.5. The van der Waals surface area contributed by atoms with Crippen molar-refractivity contribution in [3.63, 3.8) is 0 Å². The van der Waals surface area contributed by atoms with Crippen LogP contribution in [-0.2, 0) is 6.54 Å². The zero-order valence-electron chi connectivity index (χ0n) is 10.8. The Morgan fingerprint density at radius 1 is 1.57 bits per heavy atom. The second kappa shape index (κ2) is 5.80. The van der Waals surface area contributed by atoms with Gasteiger partial charge in [0.1, 0.15) is 17.1 Å². The third kappa shape index (κ3) is 3.29. The fourth-order valence-electron chi connectivity index (χ4n) is 1.72. The average molecular weight is 312 g/mol. The first-order chi connectivity index (χ1) is 9.88. The van der Waals surface area contributed by atoms with E-state index < -0.39 is 10.9 Å². The van der Waals surface area contributed by atoms with Crippen LogP contribution in [0.1, 0.15) is 21.9 Å². The summed E-state index contributed by atoms with van der Waals surface area (Å²) in [6.45, 7) is 1.58. The minimum atomic E-state index is -1.10. The summed E-state index contributed by atoms with van der Waals surface area (Å²) in [7, 11) is 0. The van der Waals surface area contributed by atoms with E-state index in [9.17, 15) is 14.9 Å². The smallest absolute Gasteiger partial charge is 0.339 e. The van der Waals surface area contributed by atoms with E-state index in [-0.39, 0.29) is 34.4 Å². The van der Waals surface area contributed by atoms with Gasteiger partial charge in [-0.1, -0.05) is 11.6 Å². The molecule has 0 aliphatic rings. The lowest BCUT2D eigenvalue weighted by Crippen LogP contribution is -2.04. The van der Waals surface area contributed by atoms with Crippen LogP contribution in [0, 0.1) is 17.0 Å². The maximum Gasteiger partial charge on any atom is 0.339 e. The number of nitrogens with one attached hydrogen (secondary N) is 1. The van der Waals surface area contributed by atoms with Crippen molar-refractivity contribution in [2.45, 2.75) is 13.5 Å². The predicted octanol–water partition coefficient (Wildman–Crippen LogP) is 2.85. The molecule has 8 nitrogen and oxygen atoms in total. The molecule has 21 heavy (non-hydrogen) atoms. The van der Waals surface area contributed by atoms with Crippen LogP contribution in [0.3, 0.4) is 0 Å². The molecule has 2 heterocycles. The highest BCUT2D eigenvalue weighted by atomic mass is 35.5. The van der Waals surface area contributed by atoms with Gasteiger partial charge in [-0.3, -0.25) is 10.1 Å². The fraction of sp³-hybridized carbons (Fsp3) is 0.167. The van der Waals surface area contributed by atoms with E-state index in [0.29, 0.717) is 5.76 Å². The number of carbonyl (C=O) groups is 1. The molecule has 0 saturated heterocycles. The molecule has 110 valence electrons. The number of aryl methyl sites for hydroxylation is 1. The van der Waals surface area contributed by atoms with Gasteiger partial charge in [0.25, 0.3) is 0 Å². The summed E-state index contributed by atoms with van der Waals surface area (Å²) in [4.78, 5) is 25.0. The number of furan rings is 1. The molecule has 2 aromatic rings. The monoisotopic (exact) mass is 311 g/mol. The van der Waals surface area contributed by atoms with Crippen molar-refractivity contribution in [1.82, 2.24) is 4.98 Å². The van der Waals surface area contributed by atoms with Crippen LogP contribution >= 0.6 is 11.6 Å². The number of halogens is 1. The SMILES string of the molecule is Cc1oc(CNc2ncc(Cl)cc2[N+](=O)[O-])cc1C(=O)O. The average Bonchev–Trinajstić information content (AvgIpc) is 2.78. The highest BCUT2D eigenvalue weighted by Gasteiger charge is 2.18. The van der Waals surface area contributed by atoms with Crippen LogP contribution in [0.15, 0.2) is 22.7 Å². The van der Waals surface area contributed by atoms with Crippen molar-refractivity contribution in [3.05, 3.63) is 50.6 Å². The van der Waals surface area contributed by atoms with Crippen LogP contribution in [-0.4, -0.2) is 21.0 Å². The number of aromatic carboxylic acids is 1. The lowest BCUT2D eigenvalue weighted by Gasteiger charge is -2.04. The first-order valence-corrected chi connectivity index (χ1v) is 6.12. The van der Waals surface area contributed by atoms with Gasteiger partial charge < -0.3 is 14.8 Å². The Morgan fingerprint density at radius 3 is 2.86 bits per heavy atom. The summed E-state index contributed by atoms with van der Waals surface area (Å²) >= 11 is 5.66. The molecule has 2 rings (SSSR count). The molecule has 0 saturated carbocycles. The summed E-state index contributed by atoms with van der Waals surface area (Å²) < 4.78 is 5.25. The molecule has 0 aliphatic carbocycles. The molecule has 9 heteroatoms. The quantitative estimate of drug-likeness (QED) is 0.643. The number of nitro groups is 1. The number of pyridine rings is 1. The molecule has 2 aromatic heterocycles. The Kier molecular flexibility index (Phi) is 4.08. The van der Waals surface area contributed by atoms with Gasteiger partial charge in [0.15, 0.2) is 0 Å². The Bertz CT molecular complexity index is 713. The summed E-state index contributed by atoms with van der Waals surface area (Å²) in [5, 5.41) is 22.7. The van der Waals surface area contributed by atoms with E-state index in [2.05, 4.69) is 10.3 Å². The molecular weight excluding hydrogens is 302 g/mol. The third-order valence-electron chi connectivity index (χ3n) is 2.66. The second-order valence-corrected chi connectivity index (χ2v) is 4.56. The maximum atomic E-state index is 10.9. The normalized spacial score (nSPS) is 10.4. The minimum absolute atomic E-state index is 0.0235. The number of hydrogen-bond donors (Lipinski definition) is 2. The van der Waals surface area contributed by atoms with Gasteiger partial charge in [0.2, 0.25) is 5.82 Å². The molecule has 0 radical (unpaired) electrons. The van der Waals surface area contributed by atoms with Crippen LogP contribution in [0.25, 0.3) is 0 Å². The van der Waals surface area contributed by atoms with Crippen molar-refractivity contribution < 1.29 is 19.2 Å². The maximum absolute atomic E-state index is 10.9. The van der Waals surface area contributed by atoms with E-state index in [4.69, 9.17) is 21.1 Å². The van der Waals surface area contributed by atoms with Crippen molar-refractivity contribution in [3.8, 4) is 0 Å². The number of rotatable bonds is 5. The Hall–Kier alpha value is -2.61. The van der Waals surface area contributed by atoms with Gasteiger partial charge in [-0.2, -0.15) is 0 Å². The molecule has 0 amide bonds. The van der Waals surface area contributed by atoms with Crippen LogP contribution in [0.5, 0.6) is 0 Å². The van der Waals surface area contributed by atoms with Gasteiger partial charge >= 0.3 is 11.7 Å². The Morgan fingerprint density at radius 2 is 2.29 bits per heavy atom. The largest absolute Gasteiger partial charge is 0.478 e. The number of carboxylic acids is 1. The van der Waals surface area contributed by atoms with E-state index >= 15 is 0 Å². The summed E-state index contributed by atoms with van der Waals surface area (Å²) in [5.41, 5.74) is -0.227. The van der Waals surface area contributed by atoms with E-state index in [1.54, 1.807) is 0 Å². The molecule has 2 N–H and O–H groups in total. The third-order valence-corrected chi connectivity index (χ3v) is 2.87. The van der Waals surface area contributed by atoms with E-state index in [0.717, 1.165) is 0 Å². The van der Waals surface area contributed by atoms with Gasteiger partial charge in [-0.05, 0) is 13.0 Å². The Balaban J connectivity index is 2.19. The molecule has 0 bridgehead atoms. The van der Waals surface area contributed by atoms with Crippen molar-refractivity contribution in [2.75, 3.05) is 5.32 Å². The standard InChI is InChI=1S/C12H10ClN3O5/c1-6-9(12(17)18)3-8(21-6)5-15-11-10(16(19)20)2-7(13)4-14-11/h2-4H,5H2,1H3,(H,14,15)(H,17,18). The van der Waals surface area contributed by atoms with Crippen molar-refractivity contribution in [2.24, 2.45) is 0 Å². The van der Waals surface area contributed by atoms with Crippen molar-refractivity contribution >= 4 is 29.1 Å². The van der Waals surface area contributed by atoms with Gasteiger partial charge in [-0.15, -0.1) is 0 Å². The molecule has 0 aromatic carbocycles. The van der Waals surface area contributed by atoms with E-state index in [1.165, 1.54) is 25.3 Å². The van der Waals surface area contributed by atoms with Gasteiger partial charge in [0, 0.05) is 12.3 Å². The van der Waals surface area contributed by atoms with Gasteiger partial charge in [-0.25, -0.2) is 9.78 Å². The number of hydrogen-bond acceptors (Lipinski definition) is 6. The van der Waals surface area contributed by atoms with E-state index in [1.807, 2.05) is 0 Å². The number of aromatic nitrogens is 1. The predicted molar refractivity (Wildman–Crippen MR) is 73.6 cm³/mol. The summed E-state index contributed by atoms with van der Waals surface area (Å²) in [6, 6.07) is 2.53. The Labute approximate surface area is 123 Å². The summed E-state index contributed by atoms with van der Waals surface area (Å²) in [5.74, 6) is -0.484. The molecule has 0 fully saturated rings. The number of anilines is 1. The zero-order chi connectivity index (χ0) is 15.6. The first kappa shape index (κ1) is 14.8. The summed E-state index contributed by atoms with van der Waals surface area (Å²) in [6.07, 6.45) is 1.27. The lowest BCUT2D eigenvalue weighted by molar-refractivity contribution is -0.384. The highest BCUT2D eigenvalue weighted by Crippen LogP contribution is 2.25. The van der Waals surface area contributed by atoms with Gasteiger partial charge in [0.05, 0.1) is 16.5 Å². The first-order valence-electron chi connectivity index (χ1n) is 5.75. The molecular formula is C12H10ClN3O5. The minimum Gasteiger partial charge on any atom is -0.478 e. The van der Waals surface area contributed by atoms with Crippen molar-refractivity contribution in [1.29, 1.82) is 0 Å². The fourth-order valence-corrected chi connectivity index (χ4v) is 1.87.